The molecule has 2 N–H and O–H groups in total. The van der Waals surface area contributed by atoms with Crippen LogP contribution in [0, 0.1) is 6.92 Å². The molecule has 1 aromatic rings. The second-order valence-corrected chi connectivity index (χ2v) is 6.16. The maximum atomic E-state index is 12.6. The molecule has 1 aliphatic rings. The number of carbonyl (C=O) groups is 1. The molecule has 23 heavy (non-hydrogen) atoms. The maximum Gasteiger partial charge on any atom is 0.242 e. The Morgan fingerprint density at radius 3 is 2.26 bits per heavy atom. The zero-order chi connectivity index (χ0) is 16.3. The SMILES string of the molecule is COc1cc(C)c(CN(C)C(=O)C2(N)CCCC2)cc1OC.Cl. The van der Waals surface area contributed by atoms with Crippen molar-refractivity contribution in [2.45, 2.75) is 44.7 Å². The number of ether oxygens (including phenoxy) is 2. The van der Waals surface area contributed by atoms with Gasteiger partial charge in [-0.05, 0) is 43.0 Å². The highest BCUT2D eigenvalue weighted by molar-refractivity contribution is 5.86. The van der Waals surface area contributed by atoms with Crippen LogP contribution in [0.5, 0.6) is 11.5 Å². The van der Waals surface area contributed by atoms with E-state index in [0.29, 0.717) is 18.0 Å². The summed E-state index contributed by atoms with van der Waals surface area (Å²) in [4.78, 5) is 14.3. The Bertz CT molecular complexity index is 557. The molecule has 1 aromatic carbocycles. The van der Waals surface area contributed by atoms with E-state index in [1.54, 1.807) is 19.1 Å². The van der Waals surface area contributed by atoms with Gasteiger partial charge in [-0.3, -0.25) is 4.79 Å². The summed E-state index contributed by atoms with van der Waals surface area (Å²) in [5.41, 5.74) is 7.68. The van der Waals surface area contributed by atoms with Crippen molar-refractivity contribution in [3.63, 3.8) is 0 Å². The first-order valence-corrected chi connectivity index (χ1v) is 7.67. The van der Waals surface area contributed by atoms with Crippen molar-refractivity contribution in [2.24, 2.45) is 5.73 Å². The minimum absolute atomic E-state index is 0. The second-order valence-electron chi connectivity index (χ2n) is 6.16. The van der Waals surface area contributed by atoms with Crippen LogP contribution in [0.2, 0.25) is 0 Å². The molecule has 1 fully saturated rings. The van der Waals surface area contributed by atoms with Gasteiger partial charge in [-0.15, -0.1) is 12.4 Å². The third-order valence-corrected chi connectivity index (χ3v) is 4.52. The number of nitrogens with zero attached hydrogens (tertiary/aromatic N) is 1. The molecule has 0 atom stereocenters. The topological polar surface area (TPSA) is 64.8 Å². The summed E-state index contributed by atoms with van der Waals surface area (Å²) in [7, 11) is 5.04. The van der Waals surface area contributed by atoms with Crippen LogP contribution < -0.4 is 15.2 Å². The van der Waals surface area contributed by atoms with E-state index in [0.717, 1.165) is 36.8 Å². The predicted molar refractivity (Wildman–Crippen MR) is 93.4 cm³/mol. The lowest BCUT2D eigenvalue weighted by molar-refractivity contribution is -0.136. The first-order chi connectivity index (χ1) is 10.4. The van der Waals surface area contributed by atoms with E-state index in [1.807, 2.05) is 26.1 Å². The lowest BCUT2D eigenvalue weighted by Crippen LogP contribution is -2.52. The molecular formula is C17H27ClN2O3. The molecule has 1 amide bonds. The number of rotatable bonds is 5. The van der Waals surface area contributed by atoms with Gasteiger partial charge in [0.15, 0.2) is 11.5 Å². The van der Waals surface area contributed by atoms with E-state index in [4.69, 9.17) is 15.2 Å². The first kappa shape index (κ1) is 19.6. The van der Waals surface area contributed by atoms with Gasteiger partial charge in [-0.1, -0.05) is 12.8 Å². The number of hydrogen-bond donors (Lipinski definition) is 1. The highest BCUT2D eigenvalue weighted by Crippen LogP contribution is 2.32. The van der Waals surface area contributed by atoms with E-state index >= 15 is 0 Å². The van der Waals surface area contributed by atoms with Crippen LogP contribution in [0.25, 0.3) is 0 Å². The lowest BCUT2D eigenvalue weighted by Gasteiger charge is -2.29. The number of aryl methyl sites for hydroxylation is 1. The number of halogens is 1. The van der Waals surface area contributed by atoms with Gasteiger partial charge in [0, 0.05) is 13.6 Å². The fraction of sp³-hybridized carbons (Fsp3) is 0.588. The number of nitrogens with two attached hydrogens (primary N) is 1. The Hall–Kier alpha value is -1.46. The largest absolute Gasteiger partial charge is 0.493 e. The summed E-state index contributed by atoms with van der Waals surface area (Å²) in [6.45, 7) is 2.52. The van der Waals surface area contributed by atoms with Crippen LogP contribution in [0.4, 0.5) is 0 Å². The number of likely N-dealkylation sites (N-methyl/N-ethyl adjacent to an activating group) is 1. The number of carbonyl (C=O) groups excluding carboxylic acids is 1. The van der Waals surface area contributed by atoms with Crippen LogP contribution in [0.1, 0.15) is 36.8 Å². The molecule has 0 unspecified atom stereocenters. The minimum atomic E-state index is -0.681. The van der Waals surface area contributed by atoms with Gasteiger partial charge in [0.05, 0.1) is 19.8 Å². The number of hydrogen-bond acceptors (Lipinski definition) is 4. The molecule has 0 aromatic heterocycles. The van der Waals surface area contributed by atoms with E-state index < -0.39 is 5.54 Å². The van der Waals surface area contributed by atoms with Gasteiger partial charge in [0.25, 0.3) is 0 Å². The monoisotopic (exact) mass is 342 g/mol. The Balaban J connectivity index is 0.00000264. The normalized spacial score (nSPS) is 15.7. The maximum absolute atomic E-state index is 12.6. The summed E-state index contributed by atoms with van der Waals surface area (Å²) in [6.07, 6.45) is 3.62. The standard InChI is InChI=1S/C17H26N2O3.ClH/c1-12-9-14(21-3)15(22-4)10-13(12)11-19(2)16(20)17(18)7-5-6-8-17;/h9-10H,5-8,11,18H2,1-4H3;1H. The second kappa shape index (κ2) is 7.88. The summed E-state index contributed by atoms with van der Waals surface area (Å²) >= 11 is 0. The quantitative estimate of drug-likeness (QED) is 0.893. The van der Waals surface area contributed by atoms with Crippen LogP contribution in [-0.2, 0) is 11.3 Å². The summed E-state index contributed by atoms with van der Waals surface area (Å²) in [5.74, 6) is 1.40. The molecule has 0 heterocycles. The highest BCUT2D eigenvalue weighted by atomic mass is 35.5. The molecule has 1 aliphatic carbocycles. The number of methoxy groups -OCH3 is 2. The summed E-state index contributed by atoms with van der Waals surface area (Å²) < 4.78 is 10.6. The number of amides is 1. The Morgan fingerprint density at radius 1 is 1.22 bits per heavy atom. The van der Waals surface area contributed by atoms with Crippen molar-refractivity contribution in [1.82, 2.24) is 4.90 Å². The highest BCUT2D eigenvalue weighted by Gasteiger charge is 2.38. The van der Waals surface area contributed by atoms with Crippen molar-refractivity contribution in [2.75, 3.05) is 21.3 Å². The van der Waals surface area contributed by atoms with Crippen LogP contribution in [0.3, 0.4) is 0 Å². The van der Waals surface area contributed by atoms with Gasteiger partial charge in [0.2, 0.25) is 5.91 Å². The fourth-order valence-electron chi connectivity index (χ4n) is 3.12. The Morgan fingerprint density at radius 2 is 1.74 bits per heavy atom. The van der Waals surface area contributed by atoms with Crippen LogP contribution >= 0.6 is 12.4 Å². The van der Waals surface area contributed by atoms with E-state index in [2.05, 4.69) is 0 Å². The Labute approximate surface area is 144 Å². The summed E-state index contributed by atoms with van der Waals surface area (Å²) in [5, 5.41) is 0. The van der Waals surface area contributed by atoms with E-state index in [9.17, 15) is 4.79 Å². The van der Waals surface area contributed by atoms with Crippen molar-refractivity contribution >= 4 is 18.3 Å². The zero-order valence-electron chi connectivity index (χ0n) is 14.3. The molecule has 6 heteroatoms. The van der Waals surface area contributed by atoms with Gasteiger partial charge >= 0.3 is 0 Å². The van der Waals surface area contributed by atoms with Crippen molar-refractivity contribution in [3.05, 3.63) is 23.3 Å². The third kappa shape index (κ3) is 4.09. The van der Waals surface area contributed by atoms with E-state index in [1.165, 1.54) is 0 Å². The third-order valence-electron chi connectivity index (χ3n) is 4.52. The predicted octanol–water partition coefficient (Wildman–Crippen LogP) is 2.66. The summed E-state index contributed by atoms with van der Waals surface area (Å²) in [6, 6.07) is 3.86. The molecule has 5 nitrogen and oxygen atoms in total. The molecule has 0 aliphatic heterocycles. The molecule has 0 radical (unpaired) electrons. The molecule has 0 saturated heterocycles. The van der Waals surface area contributed by atoms with Crippen molar-refractivity contribution in [3.8, 4) is 11.5 Å². The van der Waals surface area contributed by atoms with Crippen molar-refractivity contribution in [1.29, 1.82) is 0 Å². The lowest BCUT2D eigenvalue weighted by atomic mass is 9.97. The fourth-order valence-corrected chi connectivity index (χ4v) is 3.12. The van der Waals surface area contributed by atoms with Gasteiger partial charge in [-0.25, -0.2) is 0 Å². The van der Waals surface area contributed by atoms with Gasteiger partial charge in [0.1, 0.15) is 0 Å². The first-order valence-electron chi connectivity index (χ1n) is 7.67. The molecule has 2 rings (SSSR count). The Kier molecular flexibility index (Phi) is 6.71. The molecule has 130 valence electrons. The average molecular weight is 343 g/mol. The molecular weight excluding hydrogens is 316 g/mol. The van der Waals surface area contributed by atoms with E-state index in [-0.39, 0.29) is 18.3 Å². The molecule has 1 saturated carbocycles. The molecule has 0 spiro atoms. The van der Waals surface area contributed by atoms with Crippen molar-refractivity contribution < 1.29 is 14.3 Å². The smallest absolute Gasteiger partial charge is 0.242 e. The van der Waals surface area contributed by atoms with Gasteiger partial charge < -0.3 is 20.1 Å². The van der Waals surface area contributed by atoms with Crippen LogP contribution in [-0.4, -0.2) is 37.6 Å². The van der Waals surface area contributed by atoms with Gasteiger partial charge in [-0.2, -0.15) is 0 Å². The minimum Gasteiger partial charge on any atom is -0.493 e. The zero-order valence-corrected chi connectivity index (χ0v) is 15.2. The van der Waals surface area contributed by atoms with Crippen LogP contribution in [0.15, 0.2) is 12.1 Å². The number of benzene rings is 1. The molecule has 0 bridgehead atoms. The average Bonchev–Trinajstić information content (AvgIpc) is 2.95.